The fraction of sp³-hybridized carbons (Fsp3) is 0.333. The Kier molecular flexibility index (Phi) is 3.33. The first-order valence-corrected chi connectivity index (χ1v) is 5.87. The van der Waals surface area contributed by atoms with Gasteiger partial charge in [0.1, 0.15) is 23.8 Å². The highest BCUT2D eigenvalue weighted by Crippen LogP contribution is 2.25. The molecule has 0 bridgehead atoms. The van der Waals surface area contributed by atoms with Gasteiger partial charge in [-0.2, -0.15) is 9.94 Å². The molecule has 0 fully saturated rings. The summed E-state index contributed by atoms with van der Waals surface area (Å²) < 4.78 is 1.47. The van der Waals surface area contributed by atoms with E-state index in [1.54, 1.807) is 6.07 Å². The van der Waals surface area contributed by atoms with Crippen LogP contribution in [0.2, 0.25) is 0 Å². The van der Waals surface area contributed by atoms with E-state index in [0.29, 0.717) is 17.2 Å². The predicted molar refractivity (Wildman–Crippen MR) is 72.0 cm³/mol. The lowest BCUT2D eigenvalue weighted by molar-refractivity contribution is 0.822. The Bertz CT molecular complexity index is 638. The van der Waals surface area contributed by atoms with Gasteiger partial charge in [-0.05, 0) is 13.8 Å². The second-order valence-electron chi connectivity index (χ2n) is 4.14. The molecule has 0 spiro atoms. The van der Waals surface area contributed by atoms with Crippen molar-refractivity contribution in [3.8, 4) is 11.9 Å². The van der Waals surface area contributed by atoms with Crippen LogP contribution >= 0.6 is 0 Å². The molecule has 2 rings (SSSR count). The minimum absolute atomic E-state index is 0.288. The number of aryl methyl sites for hydroxylation is 1. The van der Waals surface area contributed by atoms with Crippen molar-refractivity contribution in [2.24, 2.45) is 0 Å². The lowest BCUT2D eigenvalue weighted by atomic mass is 10.3. The van der Waals surface area contributed by atoms with Crippen molar-refractivity contribution < 1.29 is 0 Å². The van der Waals surface area contributed by atoms with E-state index in [-0.39, 0.29) is 5.82 Å². The number of rotatable bonds is 3. The molecule has 2 N–H and O–H groups in total. The van der Waals surface area contributed by atoms with Crippen molar-refractivity contribution in [1.29, 1.82) is 5.26 Å². The second kappa shape index (κ2) is 4.94. The zero-order valence-corrected chi connectivity index (χ0v) is 11.1. The molecule has 0 aromatic carbocycles. The fourth-order valence-corrected chi connectivity index (χ4v) is 1.67. The van der Waals surface area contributed by atoms with E-state index in [1.807, 2.05) is 25.8 Å². The smallest absolute Gasteiger partial charge is 0.171 e. The van der Waals surface area contributed by atoms with Crippen LogP contribution in [-0.4, -0.2) is 33.3 Å². The highest BCUT2D eigenvalue weighted by molar-refractivity contribution is 5.66. The van der Waals surface area contributed by atoms with Gasteiger partial charge in [-0.25, -0.2) is 9.97 Å². The average Bonchev–Trinajstić information content (AvgIpc) is 2.74. The van der Waals surface area contributed by atoms with Crippen molar-refractivity contribution in [3.05, 3.63) is 23.7 Å². The zero-order chi connectivity index (χ0) is 14.0. The summed E-state index contributed by atoms with van der Waals surface area (Å²) >= 11 is 0. The Morgan fingerprint density at radius 2 is 2.21 bits per heavy atom. The Labute approximate surface area is 111 Å². The second-order valence-corrected chi connectivity index (χ2v) is 4.14. The van der Waals surface area contributed by atoms with E-state index in [0.717, 1.165) is 12.2 Å². The SMILES string of the molecule is CCN(C)c1nn(-c2cc(C)ncn2)c(N)c1C#N. The third kappa shape index (κ3) is 2.20. The van der Waals surface area contributed by atoms with Crippen LogP contribution in [-0.2, 0) is 0 Å². The third-order valence-electron chi connectivity index (χ3n) is 2.86. The van der Waals surface area contributed by atoms with Crippen LogP contribution in [0.1, 0.15) is 18.2 Å². The predicted octanol–water partition coefficient (Wildman–Crippen LogP) is 0.881. The number of nitrogen functional groups attached to an aromatic ring is 1. The highest BCUT2D eigenvalue weighted by Gasteiger charge is 2.19. The van der Waals surface area contributed by atoms with Crippen LogP contribution in [0.4, 0.5) is 11.6 Å². The summed E-state index contributed by atoms with van der Waals surface area (Å²) in [6.07, 6.45) is 1.45. The summed E-state index contributed by atoms with van der Waals surface area (Å²) in [5.41, 5.74) is 7.15. The van der Waals surface area contributed by atoms with Crippen LogP contribution in [0.3, 0.4) is 0 Å². The molecular formula is C12H15N7. The van der Waals surface area contributed by atoms with E-state index in [1.165, 1.54) is 11.0 Å². The first-order chi connectivity index (χ1) is 9.08. The molecule has 0 saturated carbocycles. The molecule has 19 heavy (non-hydrogen) atoms. The van der Waals surface area contributed by atoms with Crippen LogP contribution in [0.25, 0.3) is 5.82 Å². The van der Waals surface area contributed by atoms with Crippen molar-refractivity contribution in [3.63, 3.8) is 0 Å². The standard InChI is InChI=1S/C12H15N7/c1-4-18(3)12-9(6-13)11(14)19(17-12)10-5-8(2)15-7-16-10/h5,7H,4,14H2,1-3H3. The molecule has 2 aromatic heterocycles. The van der Waals surface area contributed by atoms with Crippen molar-refractivity contribution in [1.82, 2.24) is 19.7 Å². The lowest BCUT2D eigenvalue weighted by Gasteiger charge is -2.12. The number of hydrogen-bond acceptors (Lipinski definition) is 6. The largest absolute Gasteiger partial charge is 0.382 e. The molecule has 0 saturated heterocycles. The summed E-state index contributed by atoms with van der Waals surface area (Å²) in [7, 11) is 1.86. The van der Waals surface area contributed by atoms with Gasteiger partial charge in [-0.1, -0.05) is 0 Å². The van der Waals surface area contributed by atoms with E-state index in [4.69, 9.17) is 5.73 Å². The Morgan fingerprint density at radius 1 is 1.47 bits per heavy atom. The average molecular weight is 257 g/mol. The molecule has 0 radical (unpaired) electrons. The third-order valence-corrected chi connectivity index (χ3v) is 2.86. The van der Waals surface area contributed by atoms with Gasteiger partial charge in [-0.3, -0.25) is 0 Å². The fourth-order valence-electron chi connectivity index (χ4n) is 1.67. The van der Waals surface area contributed by atoms with E-state index >= 15 is 0 Å². The molecule has 0 aliphatic heterocycles. The van der Waals surface area contributed by atoms with Crippen LogP contribution in [0, 0.1) is 18.3 Å². The van der Waals surface area contributed by atoms with Crippen molar-refractivity contribution >= 4 is 11.6 Å². The number of nitrogens with two attached hydrogens (primary N) is 1. The molecule has 7 heteroatoms. The summed E-state index contributed by atoms with van der Waals surface area (Å²) in [5, 5.41) is 13.6. The van der Waals surface area contributed by atoms with Gasteiger partial charge < -0.3 is 10.6 Å². The minimum atomic E-state index is 0.288. The zero-order valence-electron chi connectivity index (χ0n) is 11.1. The topological polar surface area (TPSA) is 96.7 Å². The van der Waals surface area contributed by atoms with Gasteiger partial charge >= 0.3 is 0 Å². The maximum Gasteiger partial charge on any atom is 0.171 e. The molecule has 0 atom stereocenters. The maximum absolute atomic E-state index is 9.22. The van der Waals surface area contributed by atoms with Crippen molar-refractivity contribution in [2.45, 2.75) is 13.8 Å². The normalized spacial score (nSPS) is 10.2. The Balaban J connectivity index is 2.60. The number of anilines is 2. The molecule has 98 valence electrons. The van der Waals surface area contributed by atoms with E-state index in [9.17, 15) is 5.26 Å². The van der Waals surface area contributed by atoms with E-state index < -0.39 is 0 Å². The number of hydrogen-bond donors (Lipinski definition) is 1. The van der Waals surface area contributed by atoms with Crippen LogP contribution in [0.15, 0.2) is 12.4 Å². The molecule has 2 heterocycles. The van der Waals surface area contributed by atoms with E-state index in [2.05, 4.69) is 21.1 Å². The highest BCUT2D eigenvalue weighted by atomic mass is 15.4. The molecule has 7 nitrogen and oxygen atoms in total. The maximum atomic E-state index is 9.22. The number of nitrogens with zero attached hydrogens (tertiary/aromatic N) is 6. The van der Waals surface area contributed by atoms with Crippen molar-refractivity contribution in [2.75, 3.05) is 24.2 Å². The molecule has 0 aliphatic carbocycles. The van der Waals surface area contributed by atoms with Gasteiger partial charge in [0, 0.05) is 25.4 Å². The first kappa shape index (κ1) is 12.8. The quantitative estimate of drug-likeness (QED) is 0.876. The van der Waals surface area contributed by atoms with Crippen LogP contribution < -0.4 is 10.6 Å². The number of aromatic nitrogens is 4. The van der Waals surface area contributed by atoms with Crippen LogP contribution in [0.5, 0.6) is 0 Å². The van der Waals surface area contributed by atoms with Gasteiger partial charge in [0.15, 0.2) is 11.6 Å². The molecule has 0 amide bonds. The summed E-state index contributed by atoms with van der Waals surface area (Å²) in [6.45, 7) is 4.56. The first-order valence-electron chi connectivity index (χ1n) is 5.87. The molecular weight excluding hydrogens is 242 g/mol. The molecule has 2 aromatic rings. The Morgan fingerprint density at radius 3 is 2.79 bits per heavy atom. The Hall–Kier alpha value is -2.62. The van der Waals surface area contributed by atoms with Gasteiger partial charge in [0.25, 0.3) is 0 Å². The minimum Gasteiger partial charge on any atom is -0.382 e. The molecule has 0 aliphatic rings. The lowest BCUT2D eigenvalue weighted by Crippen LogP contribution is -2.17. The van der Waals surface area contributed by atoms with Gasteiger partial charge in [0.05, 0.1) is 0 Å². The summed E-state index contributed by atoms with van der Waals surface area (Å²) in [5.74, 6) is 1.40. The number of nitriles is 1. The summed E-state index contributed by atoms with van der Waals surface area (Å²) in [4.78, 5) is 10.0. The van der Waals surface area contributed by atoms with Gasteiger partial charge in [0.2, 0.25) is 0 Å². The summed E-state index contributed by atoms with van der Waals surface area (Å²) in [6, 6.07) is 3.85. The van der Waals surface area contributed by atoms with Gasteiger partial charge in [-0.15, -0.1) is 5.10 Å². The molecule has 0 unspecified atom stereocenters. The monoisotopic (exact) mass is 257 g/mol.